The quantitative estimate of drug-likeness (QED) is 0.761. The van der Waals surface area contributed by atoms with Gasteiger partial charge in [-0.05, 0) is 11.8 Å². The van der Waals surface area contributed by atoms with Crippen molar-refractivity contribution < 1.29 is 18.0 Å². The highest BCUT2D eigenvalue weighted by atomic mass is 19.4. The van der Waals surface area contributed by atoms with Crippen LogP contribution in [0.2, 0.25) is 0 Å². The summed E-state index contributed by atoms with van der Waals surface area (Å²) in [5, 5.41) is 4.43. The molecule has 1 atom stereocenters. The van der Waals surface area contributed by atoms with E-state index in [4.69, 9.17) is 0 Å². The van der Waals surface area contributed by atoms with Crippen molar-refractivity contribution in [2.45, 2.75) is 45.5 Å². The average Bonchev–Trinajstić information content (AvgIpc) is 2.43. The summed E-state index contributed by atoms with van der Waals surface area (Å²) in [4.78, 5) is 11.2. The normalized spacial score (nSPS) is 24.8. The van der Waals surface area contributed by atoms with E-state index in [1.54, 1.807) is 27.7 Å². The van der Waals surface area contributed by atoms with Gasteiger partial charge in [0.05, 0.1) is 5.54 Å². The fraction of sp³-hybridized carbons (Fsp3) is 0.900. The number of halogens is 3. The van der Waals surface area contributed by atoms with E-state index in [2.05, 4.69) is 5.32 Å². The molecule has 0 aromatic heterocycles. The van der Waals surface area contributed by atoms with E-state index in [0.717, 1.165) is 0 Å². The van der Waals surface area contributed by atoms with Crippen LogP contribution >= 0.6 is 0 Å². The molecule has 1 heterocycles. The maximum Gasteiger partial charge on any atom is 0.410 e. The molecular weight excluding hydrogens is 221 g/mol. The summed E-state index contributed by atoms with van der Waals surface area (Å²) in [6, 6.07) is -2.57. The highest BCUT2D eigenvalue weighted by molar-refractivity contribution is 5.79. The first-order valence-corrected chi connectivity index (χ1v) is 5.27. The Kier molecular flexibility index (Phi) is 3.13. The molecule has 2 N–H and O–H groups in total. The van der Waals surface area contributed by atoms with E-state index in [1.165, 1.54) is 0 Å². The van der Waals surface area contributed by atoms with Crippen LogP contribution in [0.5, 0.6) is 0 Å². The second kappa shape index (κ2) is 3.82. The summed E-state index contributed by atoms with van der Waals surface area (Å²) in [6.07, 6.45) is -4.44. The summed E-state index contributed by atoms with van der Waals surface area (Å²) >= 11 is 0. The Morgan fingerprint density at radius 3 is 1.88 bits per heavy atom. The van der Waals surface area contributed by atoms with Crippen LogP contribution in [-0.4, -0.2) is 23.8 Å². The average molecular weight is 238 g/mol. The second-order valence-electron chi connectivity index (χ2n) is 4.82. The molecule has 0 bridgehead atoms. The lowest BCUT2D eigenvalue weighted by Crippen LogP contribution is -2.62. The van der Waals surface area contributed by atoms with Crippen LogP contribution in [-0.2, 0) is 0 Å². The van der Waals surface area contributed by atoms with Crippen LogP contribution in [0.15, 0.2) is 0 Å². The molecule has 1 unspecified atom stereocenters. The molecule has 2 amide bonds. The maximum absolute atomic E-state index is 12.9. The monoisotopic (exact) mass is 238 g/mol. The molecule has 0 aromatic carbocycles. The molecule has 1 aliphatic rings. The summed E-state index contributed by atoms with van der Waals surface area (Å²) in [7, 11) is 0. The Bertz CT molecular complexity index is 278. The van der Waals surface area contributed by atoms with Crippen molar-refractivity contribution in [1.82, 2.24) is 10.6 Å². The lowest BCUT2D eigenvalue weighted by Gasteiger charge is -2.42. The number of amides is 2. The minimum atomic E-state index is -4.44. The van der Waals surface area contributed by atoms with E-state index in [9.17, 15) is 18.0 Å². The van der Waals surface area contributed by atoms with Crippen LogP contribution in [0, 0.1) is 11.8 Å². The van der Waals surface area contributed by atoms with Gasteiger partial charge in [0.1, 0.15) is 6.04 Å². The van der Waals surface area contributed by atoms with Gasteiger partial charge in [0.25, 0.3) is 0 Å². The number of alkyl halides is 3. The van der Waals surface area contributed by atoms with Gasteiger partial charge in [-0.1, -0.05) is 27.7 Å². The van der Waals surface area contributed by atoms with Gasteiger partial charge in [-0.25, -0.2) is 4.79 Å². The first-order chi connectivity index (χ1) is 7.12. The zero-order chi connectivity index (χ0) is 12.7. The lowest BCUT2D eigenvalue weighted by atomic mass is 9.72. The number of urea groups is 1. The van der Waals surface area contributed by atoms with Crippen LogP contribution < -0.4 is 10.6 Å². The van der Waals surface area contributed by atoms with Crippen molar-refractivity contribution in [3.63, 3.8) is 0 Å². The molecule has 16 heavy (non-hydrogen) atoms. The van der Waals surface area contributed by atoms with E-state index < -0.39 is 23.8 Å². The molecule has 0 saturated carbocycles. The molecule has 0 aliphatic carbocycles. The van der Waals surface area contributed by atoms with Gasteiger partial charge in [0.2, 0.25) is 0 Å². The van der Waals surface area contributed by atoms with Gasteiger partial charge in [-0.15, -0.1) is 0 Å². The van der Waals surface area contributed by atoms with Crippen LogP contribution in [0.3, 0.4) is 0 Å². The molecule has 1 saturated heterocycles. The third kappa shape index (κ3) is 1.85. The van der Waals surface area contributed by atoms with Crippen LogP contribution in [0.25, 0.3) is 0 Å². The van der Waals surface area contributed by atoms with Gasteiger partial charge in [-0.3, -0.25) is 0 Å². The fourth-order valence-electron chi connectivity index (χ4n) is 2.53. The predicted octanol–water partition coefficient (Wildman–Crippen LogP) is 2.28. The first kappa shape index (κ1) is 13.1. The molecule has 1 fully saturated rings. The molecule has 94 valence electrons. The van der Waals surface area contributed by atoms with Crippen molar-refractivity contribution in [1.29, 1.82) is 0 Å². The third-order valence-electron chi connectivity index (χ3n) is 3.32. The van der Waals surface area contributed by atoms with Gasteiger partial charge in [-0.2, -0.15) is 13.2 Å². The van der Waals surface area contributed by atoms with E-state index >= 15 is 0 Å². The Balaban J connectivity index is 3.19. The number of rotatable bonds is 2. The Morgan fingerprint density at radius 1 is 1.19 bits per heavy atom. The minimum Gasteiger partial charge on any atom is -0.330 e. The number of hydrogen-bond acceptors (Lipinski definition) is 1. The zero-order valence-corrected chi connectivity index (χ0v) is 9.77. The second-order valence-corrected chi connectivity index (χ2v) is 4.82. The van der Waals surface area contributed by atoms with Crippen LogP contribution in [0.1, 0.15) is 27.7 Å². The molecule has 0 spiro atoms. The largest absolute Gasteiger partial charge is 0.410 e. The van der Waals surface area contributed by atoms with Gasteiger partial charge >= 0.3 is 12.2 Å². The number of nitrogens with one attached hydrogen (secondary N) is 2. The summed E-state index contributed by atoms with van der Waals surface area (Å²) in [5.41, 5.74) is -1.27. The van der Waals surface area contributed by atoms with E-state index in [-0.39, 0.29) is 11.8 Å². The zero-order valence-electron chi connectivity index (χ0n) is 9.77. The molecule has 6 heteroatoms. The summed E-state index contributed by atoms with van der Waals surface area (Å²) in [6.45, 7) is 6.75. The molecule has 0 radical (unpaired) electrons. The molecule has 1 aliphatic heterocycles. The van der Waals surface area contributed by atoms with Crippen LogP contribution in [0.4, 0.5) is 18.0 Å². The van der Waals surface area contributed by atoms with Gasteiger partial charge in [0.15, 0.2) is 0 Å². The minimum absolute atomic E-state index is 0.307. The molecule has 1 rings (SSSR count). The van der Waals surface area contributed by atoms with Crippen molar-refractivity contribution in [2.24, 2.45) is 11.8 Å². The fourth-order valence-corrected chi connectivity index (χ4v) is 2.53. The smallest absolute Gasteiger partial charge is 0.330 e. The van der Waals surface area contributed by atoms with E-state index in [1.807, 2.05) is 5.32 Å². The van der Waals surface area contributed by atoms with Gasteiger partial charge < -0.3 is 10.6 Å². The third-order valence-corrected chi connectivity index (χ3v) is 3.32. The highest BCUT2D eigenvalue weighted by Crippen LogP contribution is 2.40. The standard InChI is InChI=1S/C10H17F3N2O/c1-5(2)9(6(3)4)7(10(11,12)13)14-8(16)15-9/h5-7H,1-4H3,(H2,14,15,16). The lowest BCUT2D eigenvalue weighted by molar-refractivity contribution is -0.173. The van der Waals surface area contributed by atoms with Crippen molar-refractivity contribution in [3.05, 3.63) is 0 Å². The first-order valence-electron chi connectivity index (χ1n) is 5.27. The molecular formula is C10H17F3N2O. The SMILES string of the molecule is CC(C)C1(C(C)C)NC(=O)NC1C(F)(F)F. The number of hydrogen-bond donors (Lipinski definition) is 2. The predicted molar refractivity (Wildman–Crippen MR) is 53.9 cm³/mol. The number of carbonyl (C=O) groups is 1. The Labute approximate surface area is 92.8 Å². The van der Waals surface area contributed by atoms with Crippen molar-refractivity contribution in [3.8, 4) is 0 Å². The van der Waals surface area contributed by atoms with Crippen molar-refractivity contribution in [2.75, 3.05) is 0 Å². The Hall–Kier alpha value is -0.940. The summed E-state index contributed by atoms with van der Waals surface area (Å²) < 4.78 is 38.7. The van der Waals surface area contributed by atoms with Gasteiger partial charge in [0, 0.05) is 0 Å². The number of carbonyl (C=O) groups excluding carboxylic acids is 1. The molecule has 0 aromatic rings. The van der Waals surface area contributed by atoms with E-state index in [0.29, 0.717) is 0 Å². The topological polar surface area (TPSA) is 41.1 Å². The Morgan fingerprint density at radius 2 is 1.62 bits per heavy atom. The van der Waals surface area contributed by atoms with Crippen molar-refractivity contribution >= 4 is 6.03 Å². The summed E-state index contributed by atoms with van der Waals surface area (Å²) in [5.74, 6) is -0.615. The highest BCUT2D eigenvalue weighted by Gasteiger charge is 2.61. The molecule has 3 nitrogen and oxygen atoms in total. The maximum atomic E-state index is 12.9.